The van der Waals surface area contributed by atoms with Gasteiger partial charge >= 0.3 is 0 Å². The van der Waals surface area contributed by atoms with Gasteiger partial charge in [-0.1, -0.05) is 120 Å². The number of ether oxygens (including phenoxy) is 4. The molecule has 0 atom stereocenters. The third-order valence-corrected chi connectivity index (χ3v) is 17.4. The first-order valence-corrected chi connectivity index (χ1v) is 34.1. The number of aldehydes is 1. The van der Waals surface area contributed by atoms with Crippen molar-refractivity contribution in [1.29, 1.82) is 21.0 Å². The first-order valence-electron chi connectivity index (χ1n) is 32.5. The van der Waals surface area contributed by atoms with Crippen LogP contribution in [0.1, 0.15) is 167 Å². The van der Waals surface area contributed by atoms with Gasteiger partial charge in [-0.2, -0.15) is 15.8 Å². The van der Waals surface area contributed by atoms with E-state index in [1.54, 1.807) is 44.2 Å². The molecule has 0 saturated carbocycles. The second kappa shape index (κ2) is 41.3. The molecule has 4 aromatic carbocycles. The summed E-state index contributed by atoms with van der Waals surface area (Å²) in [6, 6.07) is 48.7. The summed E-state index contributed by atoms with van der Waals surface area (Å²) in [5.41, 5.74) is 6.79. The normalized spacial score (nSPS) is 13.6. The number of benzene rings is 4. The van der Waals surface area contributed by atoms with E-state index in [0.29, 0.717) is 18.8 Å². The monoisotopic (exact) mass is 1350 g/mol. The molecule has 2 aliphatic rings. The van der Waals surface area contributed by atoms with Crippen molar-refractivity contribution >= 4 is 76.7 Å². The molecule has 0 radical (unpaired) electrons. The molecule has 2 aromatic heterocycles. The molecule has 6 aromatic rings. The molecule has 0 fully saturated rings. The van der Waals surface area contributed by atoms with Gasteiger partial charge in [0.2, 0.25) is 5.70 Å². The van der Waals surface area contributed by atoms with E-state index in [1.165, 1.54) is 48.4 Å². The lowest BCUT2D eigenvalue weighted by Gasteiger charge is -2.25. The van der Waals surface area contributed by atoms with Crippen LogP contribution in [-0.4, -0.2) is 54.7 Å². The molecule has 8 rings (SSSR count). The van der Waals surface area contributed by atoms with E-state index in [1.807, 2.05) is 98.8 Å². The molecule has 2 aliphatic heterocycles. The average molecular weight is 1350 g/mol. The fourth-order valence-corrected chi connectivity index (χ4v) is 11.4. The second-order valence-corrected chi connectivity index (χ2v) is 25.8. The highest BCUT2D eigenvalue weighted by Gasteiger charge is 2.39. The van der Waals surface area contributed by atoms with E-state index in [4.69, 9.17) is 57.8 Å². The van der Waals surface area contributed by atoms with Crippen LogP contribution >= 0.6 is 22.7 Å². The van der Waals surface area contributed by atoms with Crippen molar-refractivity contribution in [3.63, 3.8) is 0 Å². The molecule has 4 heterocycles. The van der Waals surface area contributed by atoms with E-state index >= 15 is 0 Å². The van der Waals surface area contributed by atoms with Crippen molar-refractivity contribution in [2.24, 2.45) is 0 Å². The van der Waals surface area contributed by atoms with Gasteiger partial charge in [-0.05, 0) is 156 Å². The van der Waals surface area contributed by atoms with Crippen LogP contribution in [0.5, 0.6) is 11.5 Å². The number of thiophene rings is 2. The lowest BCUT2D eigenvalue weighted by atomic mass is 9.97. The van der Waals surface area contributed by atoms with Crippen LogP contribution in [0.2, 0.25) is 0 Å². The van der Waals surface area contributed by atoms with Gasteiger partial charge in [0.05, 0.1) is 29.7 Å². The van der Waals surface area contributed by atoms with E-state index in [9.17, 15) is 10.1 Å². The molecule has 0 spiro atoms. The largest absolute Gasteiger partial charge is 0.505 e. The molecular formula is C80H89N9O7S2. The number of allylic oxidation sites excluding steroid dienone is 3. The van der Waals surface area contributed by atoms with Gasteiger partial charge in [-0.3, -0.25) is 9.59 Å². The summed E-state index contributed by atoms with van der Waals surface area (Å²) >= 11 is 3.12. The Morgan fingerprint density at radius 2 is 1.00 bits per heavy atom. The van der Waals surface area contributed by atoms with Crippen LogP contribution in [0, 0.1) is 58.5 Å². The van der Waals surface area contributed by atoms with E-state index in [-0.39, 0.29) is 40.2 Å². The Morgan fingerprint density at radius 3 is 1.37 bits per heavy atom. The summed E-state index contributed by atoms with van der Waals surface area (Å²) in [5, 5.41) is 43.1. The van der Waals surface area contributed by atoms with Gasteiger partial charge in [0.1, 0.15) is 59.9 Å². The number of hydrogen-bond acceptors (Lipinski definition) is 15. The summed E-state index contributed by atoms with van der Waals surface area (Å²) in [7, 11) is 0. The third-order valence-electron chi connectivity index (χ3n) is 15.5. The molecule has 0 unspecified atom stereocenters. The van der Waals surface area contributed by atoms with E-state index < -0.39 is 17.2 Å². The molecule has 0 amide bonds. The Kier molecular flexibility index (Phi) is 33.6. The number of aliphatic carboxylic acids is 1. The maximum atomic E-state index is 11.0. The Hall–Kier alpha value is -10.7. The number of carboxylic acid groups (broad SMARTS) is 1. The van der Waals surface area contributed by atoms with E-state index in [0.717, 1.165) is 124 Å². The summed E-state index contributed by atoms with van der Waals surface area (Å²) in [6.07, 6.45) is 22.4. The van der Waals surface area contributed by atoms with Crippen LogP contribution < -0.4 is 25.4 Å². The molecular weight excluding hydrogens is 1260 g/mol. The minimum absolute atomic E-state index is 0. The lowest BCUT2D eigenvalue weighted by molar-refractivity contribution is -0.134. The quantitative estimate of drug-likeness (QED) is 0.0277. The average Bonchev–Trinajstić information content (AvgIpc) is 1.66. The Morgan fingerprint density at radius 1 is 0.592 bits per heavy atom. The first-order chi connectivity index (χ1) is 46.8. The Labute approximate surface area is 588 Å². The van der Waals surface area contributed by atoms with Crippen molar-refractivity contribution in [2.45, 2.75) is 145 Å². The summed E-state index contributed by atoms with van der Waals surface area (Å²) in [6.45, 7) is 39.2. The minimum atomic E-state index is -0.833. The van der Waals surface area contributed by atoms with Gasteiger partial charge in [0.25, 0.3) is 11.7 Å². The highest BCUT2D eigenvalue weighted by molar-refractivity contribution is 7.14. The highest BCUT2D eigenvalue weighted by Crippen LogP contribution is 2.43. The van der Waals surface area contributed by atoms with Crippen LogP contribution in [-0.2, 0) is 27.5 Å². The van der Waals surface area contributed by atoms with Gasteiger partial charge in [0.15, 0.2) is 17.6 Å². The molecule has 508 valence electrons. The SMILES string of the molecule is CC(=O)O.CC1=C(C#N)C(=C(C#N)C#N)OC1(C)C.CCCCN(CCCC)c1ccc(/C=C/c2ccc(C=O)s2)c(OCc2ccccc2)c1.N.[C-]#[N+]C1=C(/C=C/c2ccc(/C=C/c3ccc(N(CCCC)CCCC)cc3OCc3ccccc3)s2)C(C)(C)O/C1=C(\C#N)[N+]#[C-]. The van der Waals surface area contributed by atoms with Crippen LogP contribution in [0.25, 0.3) is 40.1 Å². The molecule has 0 bridgehead atoms. The molecule has 16 nitrogen and oxygen atoms in total. The number of nitriles is 4. The van der Waals surface area contributed by atoms with Crippen molar-refractivity contribution in [3.05, 3.63) is 237 Å². The second-order valence-electron chi connectivity index (χ2n) is 23.5. The predicted molar refractivity (Wildman–Crippen MR) is 397 cm³/mol. The standard InChI is InChI=1S/C39H40N4O2S.C28H33NO2S.C11H9N3O.C2H4O2.H3N/c1-7-9-24-43(25-10-8-2)31-18-16-30(36(26-31)44-28-29-14-12-11-13-15-29)17-19-32-20-21-33(46-32)22-23-34-37(42-6)38(35(27-40)41-5)45-39(34,3)4;1-3-5-18-29(19-6-4-2)25-14-12-24(13-15-26-16-17-27(21-30)32-26)28(20-25)31-22-23-10-8-7-9-11-23;1-7-9(6-14)10(8(4-12)5-13)15-11(7,2)3;1-2(3)4;/h11-23,26H,7-10,24-25,28H2,1-4H3;7-17,20-21H,3-6,18-19,22H2,1-2H3;1-3H3;1H3,(H,3,4);1H3/b19-17+,23-22+,38-35+;15-13+;;;. The maximum Gasteiger partial charge on any atom is 0.300 e. The molecule has 4 N–H and O–H groups in total. The zero-order valence-corrected chi connectivity index (χ0v) is 59.6. The number of anilines is 2. The number of hydrogen-bond donors (Lipinski definition) is 2. The van der Waals surface area contributed by atoms with Crippen molar-refractivity contribution in [3.8, 4) is 35.8 Å². The Balaban J connectivity index is 0.000000337. The molecule has 0 aliphatic carbocycles. The zero-order valence-electron chi connectivity index (χ0n) is 58.0. The highest BCUT2D eigenvalue weighted by atomic mass is 32.1. The number of unbranched alkanes of at least 4 members (excludes halogenated alkanes) is 4. The number of nitrogens with zero attached hydrogens (tertiary/aromatic N) is 8. The number of carbonyl (C=O) groups excluding carboxylic acids is 1. The van der Waals surface area contributed by atoms with Gasteiger partial charge in [-0.25, -0.2) is 15.0 Å². The van der Waals surface area contributed by atoms with Crippen LogP contribution in [0.4, 0.5) is 11.4 Å². The smallest absolute Gasteiger partial charge is 0.300 e. The summed E-state index contributed by atoms with van der Waals surface area (Å²) < 4.78 is 24.1. The third kappa shape index (κ3) is 24.2. The maximum absolute atomic E-state index is 11.0. The van der Waals surface area contributed by atoms with Gasteiger partial charge in [-0.15, -0.1) is 22.7 Å². The fraction of sp³-hybridized carbons (Fsp3) is 0.325. The lowest BCUT2D eigenvalue weighted by Crippen LogP contribution is -2.25. The molecule has 98 heavy (non-hydrogen) atoms. The molecule has 18 heteroatoms. The summed E-state index contributed by atoms with van der Waals surface area (Å²) in [5.74, 6) is 1.06. The van der Waals surface area contributed by atoms with Gasteiger partial charge in [0, 0.05) is 87.9 Å². The number of rotatable bonds is 27. The molecule has 0 saturated heterocycles. The first kappa shape index (κ1) is 79.7. The van der Waals surface area contributed by atoms with Crippen LogP contribution in [0.3, 0.4) is 0 Å². The predicted octanol–water partition coefficient (Wildman–Crippen LogP) is 20.5. The fourth-order valence-electron chi connectivity index (χ4n) is 9.88. The summed E-state index contributed by atoms with van der Waals surface area (Å²) in [4.78, 5) is 35.7. The zero-order chi connectivity index (χ0) is 70.8. The number of carboxylic acids is 1. The van der Waals surface area contributed by atoms with Gasteiger partial charge < -0.3 is 40.0 Å². The topological polar surface area (TPSA) is 237 Å². The van der Waals surface area contributed by atoms with E-state index in [2.05, 4.69) is 132 Å². The van der Waals surface area contributed by atoms with Crippen molar-refractivity contribution in [1.82, 2.24) is 6.15 Å². The van der Waals surface area contributed by atoms with Crippen molar-refractivity contribution < 1.29 is 33.6 Å². The number of carbonyl (C=O) groups is 2. The Bertz CT molecular complexity index is 4080. The van der Waals surface area contributed by atoms with Crippen molar-refractivity contribution in [2.75, 3.05) is 36.0 Å². The minimum Gasteiger partial charge on any atom is -0.505 e. The van der Waals surface area contributed by atoms with Crippen LogP contribution in [0.15, 0.2) is 173 Å².